The van der Waals surface area contributed by atoms with Crippen LogP contribution in [0.1, 0.15) is 32.1 Å². The molecule has 2 aliphatic heterocycles. The summed E-state index contributed by atoms with van der Waals surface area (Å²) in [5.74, 6) is 1.26. The van der Waals surface area contributed by atoms with Gasteiger partial charge in [0, 0.05) is 43.6 Å². The van der Waals surface area contributed by atoms with E-state index in [2.05, 4.69) is 0 Å². The van der Waals surface area contributed by atoms with Crippen LogP contribution in [0, 0.1) is 0 Å². The summed E-state index contributed by atoms with van der Waals surface area (Å²) < 4.78 is 0. The average molecular weight is 286 g/mol. The second-order valence-electron chi connectivity index (χ2n) is 5.16. The van der Waals surface area contributed by atoms with Crippen molar-refractivity contribution in [2.45, 2.75) is 38.1 Å². The zero-order valence-corrected chi connectivity index (χ0v) is 12.0. The number of amides is 2. The van der Waals surface area contributed by atoms with Crippen molar-refractivity contribution in [2.75, 3.05) is 31.1 Å². The number of carboxylic acids is 1. The summed E-state index contributed by atoms with van der Waals surface area (Å²) >= 11 is 1.89. The number of piperidine rings is 1. The van der Waals surface area contributed by atoms with Gasteiger partial charge in [-0.3, -0.25) is 4.79 Å². The Morgan fingerprint density at radius 1 is 1.16 bits per heavy atom. The minimum absolute atomic E-state index is 0.118. The largest absolute Gasteiger partial charge is 0.481 e. The van der Waals surface area contributed by atoms with Gasteiger partial charge in [-0.15, -0.1) is 0 Å². The Kier molecular flexibility index (Phi) is 5.36. The van der Waals surface area contributed by atoms with Crippen molar-refractivity contribution in [3.8, 4) is 0 Å². The zero-order chi connectivity index (χ0) is 13.7. The first-order valence-electron chi connectivity index (χ1n) is 7.03. The van der Waals surface area contributed by atoms with E-state index in [4.69, 9.17) is 5.11 Å². The molecule has 0 radical (unpaired) electrons. The number of rotatable bonds is 3. The maximum atomic E-state index is 12.5. The number of carboxylic acid groups (broad SMARTS) is 1. The van der Waals surface area contributed by atoms with Crippen LogP contribution in [0.5, 0.6) is 0 Å². The van der Waals surface area contributed by atoms with Crippen molar-refractivity contribution in [2.24, 2.45) is 0 Å². The Balaban J connectivity index is 1.93. The normalized spacial score (nSPS) is 24.3. The highest BCUT2D eigenvalue weighted by Crippen LogP contribution is 2.23. The quantitative estimate of drug-likeness (QED) is 0.860. The molecule has 0 aromatic heterocycles. The molecule has 2 rings (SSSR count). The number of hydrogen-bond donors (Lipinski definition) is 1. The van der Waals surface area contributed by atoms with Gasteiger partial charge in [0.1, 0.15) is 0 Å². The van der Waals surface area contributed by atoms with E-state index in [1.54, 1.807) is 0 Å². The van der Waals surface area contributed by atoms with E-state index in [1.165, 1.54) is 0 Å². The van der Waals surface area contributed by atoms with Crippen LogP contribution >= 0.6 is 11.8 Å². The van der Waals surface area contributed by atoms with Gasteiger partial charge < -0.3 is 14.9 Å². The fraction of sp³-hybridized carbons (Fsp3) is 0.846. The average Bonchev–Trinajstić information content (AvgIpc) is 2.45. The van der Waals surface area contributed by atoms with Crippen LogP contribution in [0.25, 0.3) is 0 Å². The summed E-state index contributed by atoms with van der Waals surface area (Å²) in [6.07, 6.45) is 3.83. The molecule has 1 unspecified atom stereocenters. The van der Waals surface area contributed by atoms with Crippen molar-refractivity contribution < 1.29 is 14.7 Å². The van der Waals surface area contributed by atoms with E-state index in [0.29, 0.717) is 6.42 Å². The number of nitrogens with zero attached hydrogens (tertiary/aromatic N) is 2. The lowest BCUT2D eigenvalue weighted by molar-refractivity contribution is -0.137. The number of aliphatic carboxylic acids is 1. The molecule has 0 aromatic carbocycles. The van der Waals surface area contributed by atoms with Crippen molar-refractivity contribution >= 4 is 23.8 Å². The molecule has 0 spiro atoms. The number of thioether (sulfide) groups is 1. The molecular formula is C13H22N2O3S. The third kappa shape index (κ3) is 4.03. The van der Waals surface area contributed by atoms with E-state index in [-0.39, 0.29) is 18.5 Å². The number of urea groups is 1. The van der Waals surface area contributed by atoms with E-state index in [9.17, 15) is 9.59 Å². The highest BCUT2D eigenvalue weighted by atomic mass is 32.2. The smallest absolute Gasteiger partial charge is 0.320 e. The molecule has 108 valence electrons. The first-order valence-corrected chi connectivity index (χ1v) is 8.19. The summed E-state index contributed by atoms with van der Waals surface area (Å²) in [4.78, 5) is 27.1. The highest BCUT2D eigenvalue weighted by Gasteiger charge is 2.30. The third-order valence-corrected chi connectivity index (χ3v) is 4.79. The molecular weight excluding hydrogens is 264 g/mol. The fourth-order valence-electron chi connectivity index (χ4n) is 2.78. The SMILES string of the molecule is O=C(O)CCC1CCCCN1C(=O)N1CCSCC1. The lowest BCUT2D eigenvalue weighted by atomic mass is 9.98. The maximum absolute atomic E-state index is 12.5. The Morgan fingerprint density at radius 3 is 2.58 bits per heavy atom. The van der Waals surface area contributed by atoms with Gasteiger partial charge in [0.05, 0.1) is 0 Å². The molecule has 5 nitrogen and oxygen atoms in total. The van der Waals surface area contributed by atoms with E-state index in [0.717, 1.165) is 50.4 Å². The summed E-state index contributed by atoms with van der Waals surface area (Å²) in [7, 11) is 0. The Bertz CT molecular complexity index is 332. The first-order chi connectivity index (χ1) is 9.18. The summed E-state index contributed by atoms with van der Waals surface area (Å²) in [5.41, 5.74) is 0. The Labute approximate surface area is 118 Å². The number of hydrogen-bond acceptors (Lipinski definition) is 3. The van der Waals surface area contributed by atoms with Gasteiger partial charge in [-0.25, -0.2) is 4.79 Å². The van der Waals surface area contributed by atoms with Gasteiger partial charge in [-0.1, -0.05) is 0 Å². The third-order valence-electron chi connectivity index (χ3n) is 3.85. The van der Waals surface area contributed by atoms with Crippen molar-refractivity contribution in [3.63, 3.8) is 0 Å². The van der Waals surface area contributed by atoms with Gasteiger partial charge in [0.2, 0.25) is 0 Å². The van der Waals surface area contributed by atoms with Crippen molar-refractivity contribution in [1.29, 1.82) is 0 Å². The van der Waals surface area contributed by atoms with Crippen LogP contribution in [0.3, 0.4) is 0 Å². The van der Waals surface area contributed by atoms with Gasteiger partial charge in [-0.05, 0) is 25.7 Å². The minimum atomic E-state index is -0.771. The van der Waals surface area contributed by atoms with Crippen LogP contribution in [0.15, 0.2) is 0 Å². The highest BCUT2D eigenvalue weighted by molar-refractivity contribution is 7.99. The number of carbonyl (C=O) groups excluding carboxylic acids is 1. The maximum Gasteiger partial charge on any atom is 0.320 e. The lowest BCUT2D eigenvalue weighted by Gasteiger charge is -2.40. The van der Waals surface area contributed by atoms with Gasteiger partial charge in [-0.2, -0.15) is 11.8 Å². The Hall–Kier alpha value is -0.910. The monoisotopic (exact) mass is 286 g/mol. The molecule has 0 aromatic rings. The van der Waals surface area contributed by atoms with Crippen molar-refractivity contribution in [1.82, 2.24) is 9.80 Å². The fourth-order valence-corrected chi connectivity index (χ4v) is 3.68. The second-order valence-corrected chi connectivity index (χ2v) is 6.38. The van der Waals surface area contributed by atoms with Crippen molar-refractivity contribution in [3.05, 3.63) is 0 Å². The summed E-state index contributed by atoms with van der Waals surface area (Å²) in [6.45, 7) is 2.43. The molecule has 19 heavy (non-hydrogen) atoms. The molecule has 2 aliphatic rings. The van der Waals surface area contributed by atoms with Crippen LogP contribution in [0.2, 0.25) is 0 Å². The second kappa shape index (κ2) is 7.03. The lowest BCUT2D eigenvalue weighted by Crippen LogP contribution is -2.52. The molecule has 0 bridgehead atoms. The molecule has 6 heteroatoms. The summed E-state index contributed by atoms with van der Waals surface area (Å²) in [5, 5.41) is 8.80. The number of carbonyl (C=O) groups is 2. The molecule has 1 atom stereocenters. The van der Waals surface area contributed by atoms with Gasteiger partial charge in [0.15, 0.2) is 0 Å². The molecule has 0 aliphatic carbocycles. The predicted molar refractivity (Wildman–Crippen MR) is 75.5 cm³/mol. The minimum Gasteiger partial charge on any atom is -0.481 e. The molecule has 1 N–H and O–H groups in total. The van der Waals surface area contributed by atoms with Crippen LogP contribution in [-0.2, 0) is 4.79 Å². The predicted octanol–water partition coefficient (Wildman–Crippen LogP) is 1.87. The van der Waals surface area contributed by atoms with E-state index < -0.39 is 5.97 Å². The zero-order valence-electron chi connectivity index (χ0n) is 11.2. The van der Waals surface area contributed by atoms with Gasteiger partial charge in [0.25, 0.3) is 0 Å². The molecule has 2 heterocycles. The summed E-state index contributed by atoms with van der Waals surface area (Å²) in [6, 6.07) is 0.238. The van der Waals surface area contributed by atoms with Crippen LogP contribution in [-0.4, -0.2) is 64.1 Å². The Morgan fingerprint density at radius 2 is 1.89 bits per heavy atom. The standard InChI is InChI=1S/C13H22N2O3S/c16-12(17)5-4-11-3-1-2-6-15(11)13(18)14-7-9-19-10-8-14/h11H,1-10H2,(H,16,17). The molecule has 2 fully saturated rings. The topological polar surface area (TPSA) is 60.9 Å². The number of likely N-dealkylation sites (tertiary alicyclic amines) is 1. The van der Waals surface area contributed by atoms with Gasteiger partial charge >= 0.3 is 12.0 Å². The molecule has 0 saturated carbocycles. The van der Waals surface area contributed by atoms with Crippen LogP contribution in [0.4, 0.5) is 4.79 Å². The first kappa shape index (κ1) is 14.5. The van der Waals surface area contributed by atoms with E-state index in [1.807, 2.05) is 21.6 Å². The molecule has 2 saturated heterocycles. The van der Waals surface area contributed by atoms with Crippen LogP contribution < -0.4 is 0 Å². The van der Waals surface area contributed by atoms with E-state index >= 15 is 0 Å². The molecule has 2 amide bonds.